The zero-order valence-corrected chi connectivity index (χ0v) is 14.1. The Morgan fingerprint density at radius 2 is 2.11 bits per heavy atom. The van der Waals surface area contributed by atoms with Gasteiger partial charge in [0.25, 0.3) is 0 Å². The third-order valence-electron chi connectivity index (χ3n) is 3.77. The SMILES string of the molecule is CCOc1cc2c(cc1C(F)(F)F)NC(=O)CC(c1ccnc(C#N)c1)=N2. The Bertz CT molecular complexity index is 978. The first-order valence-electron chi connectivity index (χ1n) is 7.93. The van der Waals surface area contributed by atoms with Gasteiger partial charge < -0.3 is 10.1 Å². The molecule has 6 nitrogen and oxygen atoms in total. The number of nitrogens with one attached hydrogen (secondary N) is 1. The number of carbonyl (C=O) groups excluding carboxylic acids is 1. The smallest absolute Gasteiger partial charge is 0.420 e. The highest BCUT2D eigenvalue weighted by Gasteiger charge is 2.36. The number of ether oxygens (including phenoxy) is 1. The Balaban J connectivity index is 2.16. The van der Waals surface area contributed by atoms with Gasteiger partial charge >= 0.3 is 6.18 Å². The molecule has 0 saturated carbocycles. The van der Waals surface area contributed by atoms with E-state index in [0.29, 0.717) is 11.3 Å². The van der Waals surface area contributed by atoms with Crippen molar-refractivity contribution in [3.63, 3.8) is 0 Å². The Hall–Kier alpha value is -3.41. The zero-order valence-electron chi connectivity index (χ0n) is 14.1. The van der Waals surface area contributed by atoms with Crippen molar-refractivity contribution in [2.24, 2.45) is 4.99 Å². The summed E-state index contributed by atoms with van der Waals surface area (Å²) in [5, 5.41) is 11.4. The van der Waals surface area contributed by atoms with Crippen molar-refractivity contribution < 1.29 is 22.7 Å². The summed E-state index contributed by atoms with van der Waals surface area (Å²) in [5.74, 6) is -0.879. The fraction of sp³-hybridized carbons (Fsp3) is 0.222. The summed E-state index contributed by atoms with van der Waals surface area (Å²) in [6.45, 7) is 1.61. The van der Waals surface area contributed by atoms with Crippen molar-refractivity contribution in [2.45, 2.75) is 19.5 Å². The molecule has 27 heavy (non-hydrogen) atoms. The van der Waals surface area contributed by atoms with Crippen LogP contribution in [0.1, 0.15) is 30.2 Å². The first kappa shape index (κ1) is 18.4. The number of halogens is 3. The molecule has 0 radical (unpaired) electrons. The number of rotatable bonds is 3. The second-order valence-corrected chi connectivity index (χ2v) is 5.62. The average molecular weight is 374 g/mol. The van der Waals surface area contributed by atoms with Gasteiger partial charge in [-0.05, 0) is 25.1 Å². The highest BCUT2D eigenvalue weighted by Crippen LogP contribution is 2.43. The molecule has 0 atom stereocenters. The number of aliphatic imine (C=N–C) groups is 1. The number of pyridine rings is 1. The van der Waals surface area contributed by atoms with Gasteiger partial charge in [-0.2, -0.15) is 18.4 Å². The summed E-state index contributed by atoms with van der Waals surface area (Å²) < 4.78 is 45.0. The molecule has 3 rings (SSSR count). The lowest BCUT2D eigenvalue weighted by atomic mass is 10.1. The van der Waals surface area contributed by atoms with E-state index in [1.165, 1.54) is 12.3 Å². The number of nitriles is 1. The Labute approximate surface area is 152 Å². The van der Waals surface area contributed by atoms with E-state index < -0.39 is 17.6 Å². The Morgan fingerprint density at radius 1 is 1.33 bits per heavy atom. The second kappa shape index (κ2) is 7.07. The Morgan fingerprint density at radius 3 is 2.78 bits per heavy atom. The van der Waals surface area contributed by atoms with E-state index in [-0.39, 0.29) is 35.8 Å². The molecule has 2 aromatic rings. The van der Waals surface area contributed by atoms with E-state index in [1.807, 2.05) is 6.07 Å². The minimum Gasteiger partial charge on any atom is -0.493 e. The molecule has 1 N–H and O–H groups in total. The number of fused-ring (bicyclic) bond motifs is 1. The quantitative estimate of drug-likeness (QED) is 0.884. The Kier molecular flexibility index (Phi) is 4.81. The first-order chi connectivity index (χ1) is 12.8. The molecule has 1 amide bonds. The lowest BCUT2D eigenvalue weighted by Gasteiger charge is -2.16. The predicted octanol–water partition coefficient (Wildman–Crippen LogP) is 3.83. The van der Waals surface area contributed by atoms with E-state index in [2.05, 4.69) is 15.3 Å². The number of amides is 1. The fourth-order valence-corrected chi connectivity index (χ4v) is 2.63. The molecule has 1 aliphatic heterocycles. The normalized spacial score (nSPS) is 13.7. The van der Waals surface area contributed by atoms with Crippen LogP contribution in [0, 0.1) is 11.3 Å². The molecular formula is C18H13F3N4O2. The van der Waals surface area contributed by atoms with Crippen molar-refractivity contribution in [2.75, 3.05) is 11.9 Å². The molecule has 0 aliphatic carbocycles. The summed E-state index contributed by atoms with van der Waals surface area (Å²) >= 11 is 0. The number of nitrogens with zero attached hydrogens (tertiary/aromatic N) is 3. The van der Waals surface area contributed by atoms with Crippen LogP contribution in [0.2, 0.25) is 0 Å². The molecule has 0 unspecified atom stereocenters. The molecule has 2 heterocycles. The highest BCUT2D eigenvalue weighted by atomic mass is 19.4. The van der Waals surface area contributed by atoms with Crippen LogP contribution in [0.3, 0.4) is 0 Å². The van der Waals surface area contributed by atoms with Crippen molar-refractivity contribution in [1.82, 2.24) is 4.98 Å². The molecule has 1 aliphatic rings. The van der Waals surface area contributed by atoms with Crippen LogP contribution in [0.4, 0.5) is 24.5 Å². The third kappa shape index (κ3) is 3.89. The van der Waals surface area contributed by atoms with E-state index in [1.54, 1.807) is 13.0 Å². The van der Waals surface area contributed by atoms with Crippen LogP contribution in [0.15, 0.2) is 35.5 Å². The van der Waals surface area contributed by atoms with Crippen LogP contribution in [0.25, 0.3) is 0 Å². The number of aromatic nitrogens is 1. The van der Waals surface area contributed by atoms with Crippen LogP contribution < -0.4 is 10.1 Å². The van der Waals surface area contributed by atoms with E-state index >= 15 is 0 Å². The van der Waals surface area contributed by atoms with Crippen molar-refractivity contribution >= 4 is 23.0 Å². The molecular weight excluding hydrogens is 361 g/mol. The molecule has 9 heteroatoms. The van der Waals surface area contributed by atoms with Gasteiger partial charge in [0.15, 0.2) is 0 Å². The second-order valence-electron chi connectivity index (χ2n) is 5.62. The molecule has 1 aromatic carbocycles. The van der Waals surface area contributed by atoms with Gasteiger partial charge in [-0.15, -0.1) is 0 Å². The summed E-state index contributed by atoms with van der Waals surface area (Å²) in [6, 6.07) is 6.90. The van der Waals surface area contributed by atoms with E-state index in [4.69, 9.17) is 10.00 Å². The minimum absolute atomic E-state index is 0.0423. The van der Waals surface area contributed by atoms with E-state index in [9.17, 15) is 18.0 Å². The number of benzene rings is 1. The molecule has 0 spiro atoms. The zero-order chi connectivity index (χ0) is 19.6. The molecule has 0 bridgehead atoms. The van der Waals surface area contributed by atoms with Crippen molar-refractivity contribution in [1.29, 1.82) is 5.26 Å². The fourth-order valence-electron chi connectivity index (χ4n) is 2.63. The molecule has 1 aromatic heterocycles. The molecule has 0 fully saturated rings. The summed E-state index contributed by atoms with van der Waals surface area (Å²) in [6.07, 6.45) is -3.40. The average Bonchev–Trinajstić information content (AvgIpc) is 2.78. The maximum absolute atomic E-state index is 13.3. The number of carbonyl (C=O) groups is 1. The lowest BCUT2D eigenvalue weighted by molar-refractivity contribution is -0.138. The predicted molar refractivity (Wildman–Crippen MR) is 91.0 cm³/mol. The van der Waals surface area contributed by atoms with Gasteiger partial charge in [-0.25, -0.2) is 9.98 Å². The third-order valence-corrected chi connectivity index (χ3v) is 3.77. The van der Waals surface area contributed by atoms with Crippen molar-refractivity contribution in [3.05, 3.63) is 47.3 Å². The van der Waals surface area contributed by atoms with Crippen molar-refractivity contribution in [3.8, 4) is 11.8 Å². The largest absolute Gasteiger partial charge is 0.493 e. The first-order valence-corrected chi connectivity index (χ1v) is 7.93. The van der Waals surface area contributed by atoms with Crippen LogP contribution >= 0.6 is 0 Å². The van der Waals surface area contributed by atoms with Gasteiger partial charge in [0.1, 0.15) is 17.5 Å². The monoisotopic (exact) mass is 374 g/mol. The van der Waals surface area contributed by atoms with E-state index in [0.717, 1.165) is 12.1 Å². The number of hydrogen-bond donors (Lipinski definition) is 1. The summed E-state index contributed by atoms with van der Waals surface area (Å²) in [5.41, 5.74) is 0.0398. The van der Waals surface area contributed by atoms with Gasteiger partial charge in [-0.1, -0.05) is 0 Å². The summed E-state index contributed by atoms with van der Waals surface area (Å²) in [7, 11) is 0. The van der Waals surface area contributed by atoms with Gasteiger partial charge in [0, 0.05) is 17.8 Å². The maximum Gasteiger partial charge on any atom is 0.420 e. The van der Waals surface area contributed by atoms with Gasteiger partial charge in [0.05, 0.1) is 35.7 Å². The topological polar surface area (TPSA) is 87.4 Å². The molecule has 138 valence electrons. The molecule has 0 saturated heterocycles. The highest BCUT2D eigenvalue weighted by molar-refractivity contribution is 6.17. The van der Waals surface area contributed by atoms with Crippen LogP contribution in [0.5, 0.6) is 5.75 Å². The number of hydrogen-bond acceptors (Lipinski definition) is 5. The summed E-state index contributed by atoms with van der Waals surface area (Å²) in [4.78, 5) is 20.4. The van der Waals surface area contributed by atoms with Crippen LogP contribution in [-0.4, -0.2) is 23.2 Å². The standard InChI is InChI=1S/C18H13F3N4O2/c1-2-27-16-7-15-14(6-12(16)18(19,20)21)25-17(26)8-13(24-15)10-3-4-23-11(5-10)9-22/h3-7H,2,8H2,1H3,(H,25,26). The maximum atomic E-state index is 13.3. The van der Waals surface area contributed by atoms with Gasteiger partial charge in [-0.3, -0.25) is 4.79 Å². The van der Waals surface area contributed by atoms with Gasteiger partial charge in [0.2, 0.25) is 5.91 Å². The minimum atomic E-state index is -4.64. The van der Waals surface area contributed by atoms with Crippen LogP contribution in [-0.2, 0) is 11.0 Å². The number of anilines is 1. The number of alkyl halides is 3. The lowest BCUT2D eigenvalue weighted by Crippen LogP contribution is -2.16.